The number of anilines is 1. The Kier molecular flexibility index (Phi) is 3.03. The van der Waals surface area contributed by atoms with E-state index in [1.54, 1.807) is 6.20 Å². The number of aromatic nitrogens is 1. The molecule has 1 saturated carbocycles. The zero-order valence-electron chi connectivity index (χ0n) is 10.9. The van der Waals surface area contributed by atoms with Gasteiger partial charge in [0.1, 0.15) is 5.82 Å². The van der Waals surface area contributed by atoms with Crippen molar-refractivity contribution < 1.29 is 4.79 Å². The van der Waals surface area contributed by atoms with E-state index < -0.39 is 0 Å². The number of benzene rings is 1. The molecule has 1 aliphatic rings. The fourth-order valence-corrected chi connectivity index (χ4v) is 2.20. The maximum absolute atomic E-state index is 12.7. The molecule has 0 spiro atoms. The molecule has 0 unspecified atom stereocenters. The fraction of sp³-hybridized carbons (Fsp3) is 0.250. The molecule has 3 nitrogen and oxygen atoms in total. The first-order valence-corrected chi connectivity index (χ1v) is 6.57. The van der Waals surface area contributed by atoms with Crippen molar-refractivity contribution in [3.63, 3.8) is 0 Å². The lowest BCUT2D eigenvalue weighted by molar-refractivity contribution is 0.0984. The number of pyridine rings is 1. The molecule has 3 heteroatoms. The van der Waals surface area contributed by atoms with Gasteiger partial charge in [-0.3, -0.25) is 9.69 Å². The first kappa shape index (κ1) is 11.9. The van der Waals surface area contributed by atoms with Gasteiger partial charge in [-0.05, 0) is 44.0 Å². The predicted molar refractivity (Wildman–Crippen MR) is 75.2 cm³/mol. The summed E-state index contributed by atoms with van der Waals surface area (Å²) in [5.41, 5.74) is 1.83. The van der Waals surface area contributed by atoms with Crippen molar-refractivity contribution >= 4 is 11.7 Å². The van der Waals surface area contributed by atoms with Gasteiger partial charge in [-0.1, -0.05) is 23.8 Å². The Morgan fingerprint density at radius 2 is 2.05 bits per heavy atom. The van der Waals surface area contributed by atoms with Crippen LogP contribution in [0.3, 0.4) is 0 Å². The molecule has 0 saturated heterocycles. The van der Waals surface area contributed by atoms with E-state index >= 15 is 0 Å². The molecule has 0 aliphatic heterocycles. The molecule has 2 aromatic rings. The number of hydrogen-bond acceptors (Lipinski definition) is 2. The summed E-state index contributed by atoms with van der Waals surface area (Å²) in [6, 6.07) is 13.7. The number of carbonyl (C=O) groups is 1. The van der Waals surface area contributed by atoms with Crippen LogP contribution in [0.5, 0.6) is 0 Å². The van der Waals surface area contributed by atoms with Crippen LogP contribution in [-0.2, 0) is 0 Å². The van der Waals surface area contributed by atoms with Crippen molar-refractivity contribution in [1.29, 1.82) is 0 Å². The Hall–Kier alpha value is -2.16. The topological polar surface area (TPSA) is 33.2 Å². The van der Waals surface area contributed by atoms with Crippen molar-refractivity contribution in [2.24, 2.45) is 0 Å². The van der Waals surface area contributed by atoms with Crippen LogP contribution in [0.1, 0.15) is 28.8 Å². The summed E-state index contributed by atoms with van der Waals surface area (Å²) in [7, 11) is 0. The van der Waals surface area contributed by atoms with Crippen LogP contribution in [0.15, 0.2) is 48.7 Å². The zero-order valence-corrected chi connectivity index (χ0v) is 10.9. The average Bonchev–Trinajstić information content (AvgIpc) is 3.25. The maximum Gasteiger partial charge on any atom is 0.259 e. The Bertz CT molecular complexity index is 591. The van der Waals surface area contributed by atoms with Crippen molar-refractivity contribution in [1.82, 2.24) is 4.98 Å². The smallest absolute Gasteiger partial charge is 0.259 e. The molecule has 0 bridgehead atoms. The molecule has 1 aromatic heterocycles. The second-order valence-electron chi connectivity index (χ2n) is 4.96. The fourth-order valence-electron chi connectivity index (χ4n) is 2.20. The third-order valence-corrected chi connectivity index (χ3v) is 3.29. The van der Waals surface area contributed by atoms with Crippen LogP contribution < -0.4 is 4.90 Å². The van der Waals surface area contributed by atoms with Gasteiger partial charge in [-0.2, -0.15) is 0 Å². The average molecular weight is 252 g/mol. The molecule has 0 atom stereocenters. The minimum atomic E-state index is 0.0462. The minimum Gasteiger partial charge on any atom is -0.290 e. The quantitative estimate of drug-likeness (QED) is 0.840. The van der Waals surface area contributed by atoms with E-state index in [0.29, 0.717) is 6.04 Å². The van der Waals surface area contributed by atoms with Crippen LogP contribution in [0.4, 0.5) is 5.82 Å². The van der Waals surface area contributed by atoms with Gasteiger partial charge in [0.2, 0.25) is 0 Å². The van der Waals surface area contributed by atoms with Crippen LogP contribution in [-0.4, -0.2) is 16.9 Å². The summed E-state index contributed by atoms with van der Waals surface area (Å²) in [5.74, 6) is 0.793. The first-order valence-electron chi connectivity index (χ1n) is 6.57. The lowest BCUT2D eigenvalue weighted by Crippen LogP contribution is -2.33. The van der Waals surface area contributed by atoms with E-state index in [2.05, 4.69) is 4.98 Å². The van der Waals surface area contributed by atoms with E-state index in [9.17, 15) is 4.79 Å². The van der Waals surface area contributed by atoms with Gasteiger partial charge < -0.3 is 0 Å². The summed E-state index contributed by atoms with van der Waals surface area (Å²) in [6.45, 7) is 2.00. The SMILES string of the molecule is Cc1cccc(C(=O)N(c2ccccn2)C2CC2)c1. The number of rotatable bonds is 3. The molecular weight excluding hydrogens is 236 g/mol. The second kappa shape index (κ2) is 4.84. The zero-order chi connectivity index (χ0) is 13.2. The molecule has 1 aliphatic carbocycles. The lowest BCUT2D eigenvalue weighted by Gasteiger charge is -2.21. The van der Waals surface area contributed by atoms with Gasteiger partial charge in [0.25, 0.3) is 5.91 Å². The van der Waals surface area contributed by atoms with Gasteiger partial charge in [0.15, 0.2) is 0 Å². The van der Waals surface area contributed by atoms with Crippen LogP contribution in [0.25, 0.3) is 0 Å². The van der Waals surface area contributed by atoms with Crippen molar-refractivity contribution in [3.8, 4) is 0 Å². The van der Waals surface area contributed by atoms with Gasteiger partial charge in [0.05, 0.1) is 0 Å². The van der Waals surface area contributed by atoms with E-state index in [4.69, 9.17) is 0 Å². The highest BCUT2D eigenvalue weighted by molar-refractivity contribution is 6.06. The van der Waals surface area contributed by atoms with Gasteiger partial charge >= 0.3 is 0 Å². The molecule has 19 heavy (non-hydrogen) atoms. The standard InChI is InChI=1S/C16H16N2O/c1-12-5-4-6-13(11-12)16(19)18(14-8-9-14)15-7-2-3-10-17-15/h2-7,10-11,14H,8-9H2,1H3. The first-order chi connectivity index (χ1) is 9.25. The molecule has 1 aromatic carbocycles. The van der Waals surface area contributed by atoms with Crippen molar-refractivity contribution in [3.05, 3.63) is 59.8 Å². The molecular formula is C16H16N2O. The highest BCUT2D eigenvalue weighted by Crippen LogP contribution is 2.31. The monoisotopic (exact) mass is 252 g/mol. The van der Waals surface area contributed by atoms with E-state index in [1.165, 1.54) is 0 Å². The van der Waals surface area contributed by atoms with Gasteiger partial charge in [0, 0.05) is 17.8 Å². The summed E-state index contributed by atoms with van der Waals surface area (Å²) in [4.78, 5) is 18.8. The molecule has 1 fully saturated rings. The number of carbonyl (C=O) groups excluding carboxylic acids is 1. The normalized spacial score (nSPS) is 14.2. The Balaban J connectivity index is 1.95. The van der Waals surface area contributed by atoms with Crippen LogP contribution in [0, 0.1) is 6.92 Å². The number of nitrogens with zero attached hydrogens (tertiary/aromatic N) is 2. The minimum absolute atomic E-state index is 0.0462. The van der Waals surface area contributed by atoms with Crippen molar-refractivity contribution in [2.75, 3.05) is 4.90 Å². The second-order valence-corrected chi connectivity index (χ2v) is 4.96. The maximum atomic E-state index is 12.7. The summed E-state index contributed by atoms with van der Waals surface area (Å²) < 4.78 is 0. The summed E-state index contributed by atoms with van der Waals surface area (Å²) in [6.07, 6.45) is 3.86. The number of amides is 1. The Labute approximate surface area is 112 Å². The summed E-state index contributed by atoms with van der Waals surface area (Å²) in [5, 5.41) is 0. The third kappa shape index (κ3) is 2.50. The largest absolute Gasteiger partial charge is 0.290 e. The van der Waals surface area contributed by atoms with Gasteiger partial charge in [-0.25, -0.2) is 4.98 Å². The van der Waals surface area contributed by atoms with E-state index in [1.807, 2.05) is 54.3 Å². The molecule has 0 N–H and O–H groups in total. The van der Waals surface area contributed by atoms with Gasteiger partial charge in [-0.15, -0.1) is 0 Å². The Morgan fingerprint density at radius 1 is 1.21 bits per heavy atom. The molecule has 3 rings (SSSR count). The molecule has 1 amide bonds. The molecule has 1 heterocycles. The molecule has 0 radical (unpaired) electrons. The highest BCUT2D eigenvalue weighted by Gasteiger charge is 2.34. The lowest BCUT2D eigenvalue weighted by atomic mass is 10.1. The number of hydrogen-bond donors (Lipinski definition) is 0. The third-order valence-electron chi connectivity index (χ3n) is 3.29. The number of aryl methyl sites for hydroxylation is 1. The predicted octanol–water partition coefficient (Wildman–Crippen LogP) is 3.20. The molecule has 96 valence electrons. The Morgan fingerprint density at radius 3 is 2.68 bits per heavy atom. The van der Waals surface area contributed by atoms with Crippen molar-refractivity contribution in [2.45, 2.75) is 25.8 Å². The van der Waals surface area contributed by atoms with E-state index in [0.717, 1.165) is 29.8 Å². The highest BCUT2D eigenvalue weighted by atomic mass is 16.2. The van der Waals surface area contributed by atoms with Crippen LogP contribution >= 0.6 is 0 Å². The van der Waals surface area contributed by atoms with Crippen LogP contribution in [0.2, 0.25) is 0 Å². The summed E-state index contributed by atoms with van der Waals surface area (Å²) >= 11 is 0. The van der Waals surface area contributed by atoms with E-state index in [-0.39, 0.29) is 5.91 Å².